The van der Waals surface area contributed by atoms with Crippen molar-refractivity contribution in [3.8, 4) is 0 Å². The second-order valence-corrected chi connectivity index (χ2v) is 7.58. The predicted molar refractivity (Wildman–Crippen MR) is 107 cm³/mol. The third-order valence-electron chi connectivity index (χ3n) is 4.91. The number of amides is 1. The third-order valence-corrected chi connectivity index (χ3v) is 5.44. The van der Waals surface area contributed by atoms with E-state index in [1.165, 1.54) is 0 Å². The molecule has 1 aromatic heterocycles. The van der Waals surface area contributed by atoms with Crippen LogP contribution in [0.15, 0.2) is 53.0 Å². The van der Waals surface area contributed by atoms with E-state index >= 15 is 0 Å². The summed E-state index contributed by atoms with van der Waals surface area (Å²) < 4.78 is 6.81. The summed E-state index contributed by atoms with van der Waals surface area (Å²) in [5.74, 6) is -0.949. The van der Waals surface area contributed by atoms with Gasteiger partial charge in [-0.3, -0.25) is 9.59 Å². The molecule has 2 aromatic carbocycles. The van der Waals surface area contributed by atoms with Gasteiger partial charge in [0.1, 0.15) is 6.10 Å². The number of nitrogens with one attached hydrogen (secondary N) is 1. The maximum Gasteiger partial charge on any atom is 0.295 e. The molecule has 1 fully saturated rings. The van der Waals surface area contributed by atoms with E-state index in [1.807, 2.05) is 55.5 Å². The lowest BCUT2D eigenvalue weighted by Crippen LogP contribution is -2.45. The Hall–Kier alpha value is -2.44. The van der Waals surface area contributed by atoms with Crippen molar-refractivity contribution in [1.29, 1.82) is 0 Å². The van der Waals surface area contributed by atoms with Crippen LogP contribution in [0.2, 0.25) is 0 Å². The number of ether oxygens (including phenoxy) is 1. The zero-order chi connectivity index (χ0) is 19.0. The number of ketones is 1. The Labute approximate surface area is 165 Å². The number of carbonyl (C=O) groups excluding carboxylic acids is 2. The minimum Gasteiger partial charge on any atom is -0.370 e. The van der Waals surface area contributed by atoms with E-state index in [1.54, 1.807) is 4.90 Å². The molecule has 1 N–H and O–H groups in total. The second-order valence-electron chi connectivity index (χ2n) is 6.66. The molecule has 0 spiro atoms. The van der Waals surface area contributed by atoms with Crippen molar-refractivity contribution in [2.75, 3.05) is 19.7 Å². The average molecular weight is 427 g/mol. The fourth-order valence-electron chi connectivity index (χ4n) is 3.53. The molecule has 1 aliphatic rings. The zero-order valence-electron chi connectivity index (χ0n) is 14.9. The van der Waals surface area contributed by atoms with E-state index in [0.717, 1.165) is 20.9 Å². The summed E-state index contributed by atoms with van der Waals surface area (Å²) in [6.07, 6.45) is -0.229. The van der Waals surface area contributed by atoms with Gasteiger partial charge in [0.2, 0.25) is 0 Å². The molecule has 1 atom stereocenters. The van der Waals surface area contributed by atoms with Crippen LogP contribution in [0.5, 0.6) is 0 Å². The molecule has 0 aliphatic carbocycles. The Morgan fingerprint density at radius 3 is 2.67 bits per heavy atom. The third kappa shape index (κ3) is 3.42. The summed E-state index contributed by atoms with van der Waals surface area (Å²) >= 11 is 3.42. The largest absolute Gasteiger partial charge is 0.370 e. The molecule has 1 amide bonds. The van der Waals surface area contributed by atoms with Gasteiger partial charge in [-0.05, 0) is 30.7 Å². The molecule has 4 rings (SSSR count). The number of aromatic nitrogens is 1. The SMILES string of the molecule is Cc1[nH]c2ccccc2c1C(=O)C(=O)N1CCOC(c2ccc(Br)cc2)C1. The Bertz CT molecular complexity index is 1010. The van der Waals surface area contributed by atoms with Crippen molar-refractivity contribution in [1.82, 2.24) is 9.88 Å². The molecule has 6 heteroatoms. The number of hydrogen-bond donors (Lipinski definition) is 1. The Kier molecular flexibility index (Phi) is 4.85. The van der Waals surface area contributed by atoms with Gasteiger partial charge in [-0.15, -0.1) is 0 Å². The monoisotopic (exact) mass is 426 g/mol. The number of aromatic amines is 1. The minimum absolute atomic E-state index is 0.229. The van der Waals surface area contributed by atoms with E-state index in [9.17, 15) is 9.59 Å². The molecular weight excluding hydrogens is 408 g/mol. The highest BCUT2D eigenvalue weighted by Crippen LogP contribution is 2.26. The van der Waals surface area contributed by atoms with Crippen LogP contribution in [0.1, 0.15) is 27.7 Å². The highest BCUT2D eigenvalue weighted by atomic mass is 79.9. The number of hydrogen-bond acceptors (Lipinski definition) is 3. The molecule has 1 saturated heterocycles. The summed E-state index contributed by atoms with van der Waals surface area (Å²) in [4.78, 5) is 30.7. The number of nitrogens with zero attached hydrogens (tertiary/aromatic N) is 1. The first kappa shape index (κ1) is 17.9. The van der Waals surface area contributed by atoms with Crippen LogP contribution in [-0.4, -0.2) is 41.3 Å². The van der Waals surface area contributed by atoms with Gasteiger partial charge in [-0.1, -0.05) is 46.3 Å². The standard InChI is InChI=1S/C21H19BrN2O3/c1-13-19(16-4-2-3-5-17(16)23-13)20(25)21(26)24-10-11-27-18(12-24)14-6-8-15(22)9-7-14/h2-9,18,23H,10-12H2,1H3. The van der Waals surface area contributed by atoms with Gasteiger partial charge in [0, 0.05) is 27.6 Å². The van der Waals surface area contributed by atoms with Crippen LogP contribution in [0.25, 0.3) is 10.9 Å². The Morgan fingerprint density at radius 2 is 1.89 bits per heavy atom. The molecule has 1 aliphatic heterocycles. The molecule has 27 heavy (non-hydrogen) atoms. The smallest absolute Gasteiger partial charge is 0.295 e. The summed E-state index contributed by atoms with van der Waals surface area (Å²) in [5, 5.41) is 0.783. The van der Waals surface area contributed by atoms with Gasteiger partial charge in [0.05, 0.1) is 18.7 Å². The maximum atomic E-state index is 13.0. The lowest BCUT2D eigenvalue weighted by molar-refractivity contribution is -0.134. The fourth-order valence-corrected chi connectivity index (χ4v) is 3.80. The molecule has 2 heterocycles. The molecule has 0 bridgehead atoms. The van der Waals surface area contributed by atoms with Crippen molar-refractivity contribution in [3.05, 3.63) is 69.8 Å². The van der Waals surface area contributed by atoms with Gasteiger partial charge in [-0.2, -0.15) is 0 Å². The van der Waals surface area contributed by atoms with Crippen molar-refractivity contribution in [2.24, 2.45) is 0 Å². The Balaban J connectivity index is 1.57. The number of morpholine rings is 1. The minimum atomic E-state index is -0.478. The van der Waals surface area contributed by atoms with Crippen molar-refractivity contribution in [3.63, 3.8) is 0 Å². The first-order valence-corrected chi connectivity index (χ1v) is 9.62. The first-order chi connectivity index (χ1) is 13.0. The average Bonchev–Trinajstić information content (AvgIpc) is 3.03. The summed E-state index contributed by atoms with van der Waals surface area (Å²) in [7, 11) is 0. The topological polar surface area (TPSA) is 62.4 Å². The van der Waals surface area contributed by atoms with E-state index in [-0.39, 0.29) is 6.10 Å². The fraction of sp³-hybridized carbons (Fsp3) is 0.238. The molecule has 0 radical (unpaired) electrons. The van der Waals surface area contributed by atoms with Crippen LogP contribution < -0.4 is 0 Å². The van der Waals surface area contributed by atoms with Gasteiger partial charge >= 0.3 is 0 Å². The van der Waals surface area contributed by atoms with E-state index in [0.29, 0.717) is 31.0 Å². The number of aryl methyl sites for hydroxylation is 1. The predicted octanol–water partition coefficient (Wildman–Crippen LogP) is 4.02. The highest BCUT2D eigenvalue weighted by Gasteiger charge is 2.31. The van der Waals surface area contributed by atoms with Crippen LogP contribution in [-0.2, 0) is 9.53 Å². The molecule has 1 unspecified atom stereocenters. The van der Waals surface area contributed by atoms with Crippen LogP contribution in [0.4, 0.5) is 0 Å². The van der Waals surface area contributed by atoms with Crippen LogP contribution in [0, 0.1) is 6.92 Å². The van der Waals surface area contributed by atoms with Crippen molar-refractivity contribution < 1.29 is 14.3 Å². The number of carbonyl (C=O) groups is 2. The van der Waals surface area contributed by atoms with Crippen LogP contribution >= 0.6 is 15.9 Å². The van der Waals surface area contributed by atoms with E-state index < -0.39 is 11.7 Å². The number of Topliss-reactive ketones (excluding diaryl/α,β-unsaturated/α-hetero) is 1. The number of benzene rings is 2. The van der Waals surface area contributed by atoms with Crippen LogP contribution in [0.3, 0.4) is 0 Å². The maximum absolute atomic E-state index is 13.0. The van der Waals surface area contributed by atoms with Gasteiger partial charge in [-0.25, -0.2) is 0 Å². The molecule has 0 saturated carbocycles. The number of para-hydroxylation sites is 1. The quantitative estimate of drug-likeness (QED) is 0.508. The van der Waals surface area contributed by atoms with Gasteiger partial charge in [0.25, 0.3) is 11.7 Å². The van der Waals surface area contributed by atoms with Gasteiger partial charge in [0.15, 0.2) is 0 Å². The number of fused-ring (bicyclic) bond motifs is 1. The molecular formula is C21H19BrN2O3. The lowest BCUT2D eigenvalue weighted by atomic mass is 10.0. The number of H-pyrrole nitrogens is 1. The molecule has 5 nitrogen and oxygen atoms in total. The molecule has 3 aromatic rings. The Morgan fingerprint density at radius 1 is 1.15 bits per heavy atom. The summed E-state index contributed by atoms with van der Waals surface area (Å²) in [6, 6.07) is 15.4. The zero-order valence-corrected chi connectivity index (χ0v) is 16.5. The molecule has 138 valence electrons. The van der Waals surface area contributed by atoms with Gasteiger partial charge < -0.3 is 14.6 Å². The summed E-state index contributed by atoms with van der Waals surface area (Å²) in [6.45, 7) is 3.02. The normalized spacial score (nSPS) is 17.3. The highest BCUT2D eigenvalue weighted by molar-refractivity contribution is 9.10. The van der Waals surface area contributed by atoms with E-state index in [4.69, 9.17) is 4.74 Å². The number of rotatable bonds is 3. The lowest BCUT2D eigenvalue weighted by Gasteiger charge is -2.32. The second kappa shape index (κ2) is 7.29. The number of halogens is 1. The summed E-state index contributed by atoms with van der Waals surface area (Å²) in [5.41, 5.74) is 3.03. The first-order valence-electron chi connectivity index (χ1n) is 8.82. The van der Waals surface area contributed by atoms with Crippen molar-refractivity contribution >= 4 is 38.5 Å². The van der Waals surface area contributed by atoms with Crippen molar-refractivity contribution in [2.45, 2.75) is 13.0 Å². The van der Waals surface area contributed by atoms with E-state index in [2.05, 4.69) is 20.9 Å².